The highest BCUT2D eigenvalue weighted by atomic mass is 16.5. The van der Waals surface area contributed by atoms with E-state index in [1.165, 1.54) is 32.2 Å². The van der Waals surface area contributed by atoms with Crippen LogP contribution in [0.1, 0.15) is 53.4 Å². The summed E-state index contributed by atoms with van der Waals surface area (Å²) < 4.78 is 6.28. The summed E-state index contributed by atoms with van der Waals surface area (Å²) in [7, 11) is 0. The normalized spacial score (nSPS) is 11.4. The van der Waals surface area contributed by atoms with Crippen LogP contribution in [0.3, 0.4) is 0 Å². The number of likely N-dealkylation sites (N-methyl/N-ethyl adjacent to an activating group) is 1. The van der Waals surface area contributed by atoms with Crippen LogP contribution >= 0.6 is 0 Å². The summed E-state index contributed by atoms with van der Waals surface area (Å²) in [6.45, 7) is 16.8. The maximum absolute atomic E-state index is 11.4. The molecule has 0 bridgehead atoms. The Morgan fingerprint density at radius 2 is 1.68 bits per heavy atom. The van der Waals surface area contributed by atoms with Gasteiger partial charge in [-0.25, -0.2) is 4.79 Å². The molecule has 0 heterocycles. The minimum Gasteiger partial charge on any atom is -0.456 e. The number of nitrogens with zero attached hydrogens (tertiary/aromatic N) is 1. The summed E-state index contributed by atoms with van der Waals surface area (Å²) in [6, 6.07) is 0. The van der Waals surface area contributed by atoms with Crippen LogP contribution in [0.4, 0.5) is 0 Å². The molecule has 0 radical (unpaired) electrons. The lowest BCUT2D eigenvalue weighted by Crippen LogP contribution is -2.50. The van der Waals surface area contributed by atoms with Crippen LogP contribution in [0.5, 0.6) is 0 Å². The first-order chi connectivity index (χ1) is 9.01. The Morgan fingerprint density at radius 1 is 1.05 bits per heavy atom. The van der Waals surface area contributed by atoms with Crippen molar-refractivity contribution in [2.75, 3.05) is 32.8 Å². The van der Waals surface area contributed by atoms with Crippen LogP contribution in [0.2, 0.25) is 0 Å². The lowest BCUT2D eigenvalue weighted by Gasteiger charge is -2.36. The van der Waals surface area contributed by atoms with Crippen LogP contribution in [-0.4, -0.2) is 43.2 Å². The summed E-state index contributed by atoms with van der Waals surface area (Å²) in [5, 5.41) is 0. The van der Waals surface area contributed by atoms with Gasteiger partial charge in [0.25, 0.3) is 0 Å². The van der Waals surface area contributed by atoms with Crippen LogP contribution in [0, 0.1) is 0 Å². The lowest BCUT2D eigenvalue weighted by atomic mass is 10.1. The van der Waals surface area contributed by atoms with E-state index in [4.69, 9.17) is 4.74 Å². The van der Waals surface area contributed by atoms with E-state index in [0.29, 0.717) is 12.2 Å². The fourth-order valence-electron chi connectivity index (χ4n) is 2.30. The summed E-state index contributed by atoms with van der Waals surface area (Å²) in [5.74, 6) is -0.267. The standard InChI is InChI=1S/C16H32NO2/c1-6-9-10-11-12-17(7-2,8-3)13-14-19-16(18)15(4)5/h4,6-14H2,1-3,5H3/q+1. The number of unbranched alkanes of at least 4 members (excludes halogenated alkanes) is 3. The van der Waals surface area contributed by atoms with Crippen LogP contribution in [0.15, 0.2) is 12.2 Å². The van der Waals surface area contributed by atoms with Crippen molar-refractivity contribution in [1.29, 1.82) is 0 Å². The van der Waals surface area contributed by atoms with Crippen molar-refractivity contribution in [1.82, 2.24) is 0 Å². The van der Waals surface area contributed by atoms with Gasteiger partial charge in [-0.2, -0.15) is 0 Å². The van der Waals surface area contributed by atoms with Gasteiger partial charge in [-0.3, -0.25) is 0 Å². The number of quaternary nitrogens is 1. The van der Waals surface area contributed by atoms with Crippen LogP contribution in [-0.2, 0) is 9.53 Å². The fraction of sp³-hybridized carbons (Fsp3) is 0.812. The molecular formula is C16H32NO2+. The molecule has 0 N–H and O–H groups in total. The molecule has 0 unspecified atom stereocenters. The molecule has 0 aliphatic heterocycles. The Morgan fingerprint density at radius 3 is 2.16 bits per heavy atom. The largest absolute Gasteiger partial charge is 0.456 e. The van der Waals surface area contributed by atoms with Crippen molar-refractivity contribution in [2.45, 2.75) is 53.4 Å². The topological polar surface area (TPSA) is 26.3 Å². The number of carbonyl (C=O) groups is 1. The molecule has 0 fully saturated rings. The highest BCUT2D eigenvalue weighted by Crippen LogP contribution is 2.11. The monoisotopic (exact) mass is 270 g/mol. The maximum Gasteiger partial charge on any atom is 0.333 e. The first-order valence-electron chi connectivity index (χ1n) is 7.69. The third kappa shape index (κ3) is 7.36. The SMILES string of the molecule is C=C(C)C(=O)OCC[N+](CC)(CC)CCCCCC. The molecule has 0 amide bonds. The van der Waals surface area contributed by atoms with Gasteiger partial charge >= 0.3 is 5.97 Å². The fourth-order valence-corrected chi connectivity index (χ4v) is 2.30. The van der Waals surface area contributed by atoms with E-state index in [0.717, 1.165) is 24.1 Å². The third-order valence-corrected chi connectivity index (χ3v) is 3.97. The predicted molar refractivity (Wildman–Crippen MR) is 81.0 cm³/mol. The third-order valence-electron chi connectivity index (χ3n) is 3.97. The second kappa shape index (κ2) is 10.0. The minimum absolute atomic E-state index is 0.267. The molecule has 0 saturated carbocycles. The molecule has 3 heteroatoms. The van der Waals surface area contributed by atoms with Gasteiger partial charge in [0.2, 0.25) is 0 Å². The van der Waals surface area contributed by atoms with Crippen molar-refractivity contribution in [3.8, 4) is 0 Å². The number of rotatable bonds is 11. The lowest BCUT2D eigenvalue weighted by molar-refractivity contribution is -0.925. The van der Waals surface area contributed by atoms with E-state index in [9.17, 15) is 4.79 Å². The molecular weight excluding hydrogens is 238 g/mol. The number of hydrogen-bond donors (Lipinski definition) is 0. The molecule has 0 spiro atoms. The Kier molecular flexibility index (Phi) is 9.58. The zero-order chi connectivity index (χ0) is 14.7. The summed E-state index contributed by atoms with van der Waals surface area (Å²) in [6.07, 6.45) is 5.17. The zero-order valence-electron chi connectivity index (χ0n) is 13.3. The van der Waals surface area contributed by atoms with Crippen LogP contribution in [0.25, 0.3) is 0 Å². The predicted octanol–water partition coefficient (Wildman–Crippen LogP) is 3.54. The van der Waals surface area contributed by atoms with E-state index in [2.05, 4.69) is 27.4 Å². The summed E-state index contributed by atoms with van der Waals surface area (Å²) in [5.41, 5.74) is 0.481. The van der Waals surface area contributed by atoms with Gasteiger partial charge in [0.1, 0.15) is 13.2 Å². The van der Waals surface area contributed by atoms with Crippen molar-refractivity contribution in [3.63, 3.8) is 0 Å². The number of ether oxygens (including phenoxy) is 1. The van der Waals surface area contributed by atoms with Gasteiger partial charge in [-0.1, -0.05) is 26.3 Å². The molecule has 3 nitrogen and oxygen atoms in total. The summed E-state index contributed by atoms with van der Waals surface area (Å²) >= 11 is 0. The van der Waals surface area contributed by atoms with Crippen molar-refractivity contribution in [2.24, 2.45) is 0 Å². The first kappa shape index (κ1) is 18.2. The summed E-state index contributed by atoms with van der Waals surface area (Å²) in [4.78, 5) is 11.4. The molecule has 0 aromatic heterocycles. The molecule has 0 rings (SSSR count). The van der Waals surface area contributed by atoms with E-state index in [1.54, 1.807) is 6.92 Å². The first-order valence-corrected chi connectivity index (χ1v) is 7.69. The van der Waals surface area contributed by atoms with Gasteiger partial charge in [0.05, 0.1) is 19.6 Å². The van der Waals surface area contributed by atoms with E-state index < -0.39 is 0 Å². The Bertz CT molecular complexity index is 270. The van der Waals surface area contributed by atoms with Gasteiger partial charge in [0.15, 0.2) is 0 Å². The Labute approximate surface area is 119 Å². The molecule has 0 aromatic rings. The van der Waals surface area contributed by atoms with E-state index in [-0.39, 0.29) is 5.97 Å². The maximum atomic E-state index is 11.4. The molecule has 19 heavy (non-hydrogen) atoms. The second-order valence-corrected chi connectivity index (χ2v) is 5.40. The molecule has 0 atom stereocenters. The quantitative estimate of drug-likeness (QED) is 0.248. The van der Waals surface area contributed by atoms with E-state index >= 15 is 0 Å². The smallest absolute Gasteiger partial charge is 0.333 e. The molecule has 112 valence electrons. The Balaban J connectivity index is 4.14. The second-order valence-electron chi connectivity index (χ2n) is 5.40. The van der Waals surface area contributed by atoms with Crippen molar-refractivity contribution in [3.05, 3.63) is 12.2 Å². The van der Waals surface area contributed by atoms with Crippen LogP contribution < -0.4 is 0 Å². The molecule has 0 aliphatic carbocycles. The highest BCUT2D eigenvalue weighted by Gasteiger charge is 2.23. The molecule has 0 aliphatic rings. The highest BCUT2D eigenvalue weighted by molar-refractivity contribution is 5.86. The number of carbonyl (C=O) groups excluding carboxylic acids is 1. The van der Waals surface area contributed by atoms with Gasteiger partial charge in [-0.05, 0) is 33.6 Å². The minimum atomic E-state index is -0.267. The van der Waals surface area contributed by atoms with Gasteiger partial charge in [0, 0.05) is 5.57 Å². The average Bonchev–Trinajstić information content (AvgIpc) is 2.41. The zero-order valence-corrected chi connectivity index (χ0v) is 13.3. The van der Waals surface area contributed by atoms with Gasteiger partial charge in [-0.15, -0.1) is 0 Å². The Hall–Kier alpha value is -0.830. The average molecular weight is 270 g/mol. The van der Waals surface area contributed by atoms with E-state index in [1.807, 2.05) is 0 Å². The number of esters is 1. The van der Waals surface area contributed by atoms with Crippen molar-refractivity contribution >= 4 is 5.97 Å². The number of hydrogen-bond acceptors (Lipinski definition) is 2. The van der Waals surface area contributed by atoms with Crippen molar-refractivity contribution < 1.29 is 14.0 Å². The molecule has 0 saturated heterocycles. The van der Waals surface area contributed by atoms with Gasteiger partial charge < -0.3 is 9.22 Å². The molecule has 0 aromatic carbocycles.